The molecule has 0 spiro atoms. The Morgan fingerprint density at radius 2 is 2.05 bits per heavy atom. The zero-order chi connectivity index (χ0) is 15.7. The molecule has 0 fully saturated rings. The summed E-state index contributed by atoms with van der Waals surface area (Å²) < 4.78 is 19.0. The number of nitrogens with zero attached hydrogens (tertiary/aromatic N) is 1. The third kappa shape index (κ3) is 7.29. The van der Waals surface area contributed by atoms with Crippen molar-refractivity contribution in [1.29, 1.82) is 0 Å². The van der Waals surface area contributed by atoms with Crippen LogP contribution in [-0.4, -0.2) is 25.2 Å². The van der Waals surface area contributed by atoms with Gasteiger partial charge in [0.1, 0.15) is 0 Å². The fourth-order valence-corrected chi connectivity index (χ4v) is 1.74. The van der Waals surface area contributed by atoms with Crippen LogP contribution in [0.2, 0.25) is 0 Å². The van der Waals surface area contributed by atoms with Crippen LogP contribution in [0.4, 0.5) is 4.39 Å². The van der Waals surface area contributed by atoms with Gasteiger partial charge in [0.05, 0.1) is 13.2 Å². The predicted octanol–water partition coefficient (Wildman–Crippen LogP) is 3.70. The molecule has 0 radical (unpaired) electrons. The second kappa shape index (κ2) is 11.5. The summed E-state index contributed by atoms with van der Waals surface area (Å²) in [7, 11) is 0. The molecule has 0 heterocycles. The number of guanidine groups is 1. The molecule has 0 aromatic heterocycles. The van der Waals surface area contributed by atoms with Crippen molar-refractivity contribution in [3.05, 3.63) is 29.6 Å². The molecule has 1 aromatic carbocycles. The van der Waals surface area contributed by atoms with Crippen molar-refractivity contribution in [2.24, 2.45) is 4.99 Å². The quantitative estimate of drug-likeness (QED) is 0.400. The number of ether oxygens (including phenoxy) is 1. The van der Waals surface area contributed by atoms with Crippen LogP contribution in [0.5, 0.6) is 5.75 Å². The van der Waals surface area contributed by atoms with Crippen molar-refractivity contribution >= 4 is 29.9 Å². The third-order valence-corrected chi connectivity index (χ3v) is 3.06. The maximum atomic E-state index is 13.8. The Morgan fingerprint density at radius 3 is 2.59 bits per heavy atom. The Kier molecular flexibility index (Phi) is 11.0. The second-order valence-electron chi connectivity index (χ2n) is 4.85. The zero-order valence-electron chi connectivity index (χ0n) is 13.8. The normalized spacial score (nSPS) is 12.3. The van der Waals surface area contributed by atoms with Gasteiger partial charge in [-0.3, -0.25) is 0 Å². The first-order valence-corrected chi connectivity index (χ1v) is 7.56. The number of rotatable bonds is 7. The van der Waals surface area contributed by atoms with Gasteiger partial charge in [-0.05, 0) is 44.9 Å². The Morgan fingerprint density at radius 1 is 1.32 bits per heavy atom. The molecule has 0 amide bonds. The lowest BCUT2D eigenvalue weighted by molar-refractivity contribution is 0.321. The molecule has 1 unspecified atom stereocenters. The Labute approximate surface area is 149 Å². The van der Waals surface area contributed by atoms with E-state index in [9.17, 15) is 4.39 Å². The SMILES string of the molecule is CCNC(=NCc1ccc(OCC)c(F)c1)NC(C)CC.I. The first-order valence-electron chi connectivity index (χ1n) is 7.56. The van der Waals surface area contributed by atoms with Gasteiger partial charge in [0.2, 0.25) is 0 Å². The van der Waals surface area contributed by atoms with Gasteiger partial charge in [-0.1, -0.05) is 13.0 Å². The van der Waals surface area contributed by atoms with Crippen LogP contribution in [0.3, 0.4) is 0 Å². The fourth-order valence-electron chi connectivity index (χ4n) is 1.74. The molecule has 1 aromatic rings. The Hall–Kier alpha value is -1.05. The van der Waals surface area contributed by atoms with Gasteiger partial charge < -0.3 is 15.4 Å². The minimum Gasteiger partial charge on any atom is -0.491 e. The summed E-state index contributed by atoms with van der Waals surface area (Å²) in [5, 5.41) is 6.49. The van der Waals surface area contributed by atoms with Gasteiger partial charge in [0.25, 0.3) is 0 Å². The van der Waals surface area contributed by atoms with Gasteiger partial charge in [-0.25, -0.2) is 9.38 Å². The van der Waals surface area contributed by atoms with Crippen molar-refractivity contribution in [2.45, 2.75) is 46.7 Å². The number of benzene rings is 1. The van der Waals surface area contributed by atoms with Gasteiger partial charge >= 0.3 is 0 Å². The highest BCUT2D eigenvalue weighted by Gasteiger charge is 2.05. The van der Waals surface area contributed by atoms with Crippen molar-refractivity contribution < 1.29 is 9.13 Å². The molecule has 0 aliphatic carbocycles. The van der Waals surface area contributed by atoms with E-state index in [4.69, 9.17) is 4.74 Å². The van der Waals surface area contributed by atoms with Crippen molar-refractivity contribution in [1.82, 2.24) is 10.6 Å². The summed E-state index contributed by atoms with van der Waals surface area (Å²) in [6.45, 7) is 9.74. The fraction of sp³-hybridized carbons (Fsp3) is 0.562. The molecule has 1 atom stereocenters. The van der Waals surface area contributed by atoms with Gasteiger partial charge in [0.15, 0.2) is 17.5 Å². The largest absolute Gasteiger partial charge is 0.491 e. The summed E-state index contributed by atoms with van der Waals surface area (Å²) >= 11 is 0. The topological polar surface area (TPSA) is 45.7 Å². The first-order chi connectivity index (χ1) is 10.1. The van der Waals surface area contributed by atoms with E-state index in [1.807, 2.05) is 19.9 Å². The van der Waals surface area contributed by atoms with Crippen LogP contribution in [0.15, 0.2) is 23.2 Å². The smallest absolute Gasteiger partial charge is 0.191 e. The molecule has 0 saturated carbocycles. The van der Waals surface area contributed by atoms with Crippen LogP contribution in [0.1, 0.15) is 39.7 Å². The highest BCUT2D eigenvalue weighted by Crippen LogP contribution is 2.18. The lowest BCUT2D eigenvalue weighted by atomic mass is 10.2. The monoisotopic (exact) mass is 423 g/mol. The molecular formula is C16H27FIN3O. The molecule has 1 rings (SSSR count). The molecule has 2 N–H and O–H groups in total. The van der Waals surface area contributed by atoms with Gasteiger partial charge in [0, 0.05) is 12.6 Å². The number of nitrogens with one attached hydrogen (secondary N) is 2. The Balaban J connectivity index is 0.00000441. The molecule has 4 nitrogen and oxygen atoms in total. The van der Waals surface area contributed by atoms with Gasteiger partial charge in [-0.2, -0.15) is 0 Å². The first kappa shape index (κ1) is 20.9. The van der Waals surface area contributed by atoms with Crippen LogP contribution in [0.25, 0.3) is 0 Å². The van der Waals surface area contributed by atoms with Crippen LogP contribution < -0.4 is 15.4 Å². The molecule has 22 heavy (non-hydrogen) atoms. The van der Waals surface area contributed by atoms with E-state index < -0.39 is 0 Å². The van der Waals surface area contributed by atoms with Gasteiger partial charge in [-0.15, -0.1) is 24.0 Å². The Bertz CT molecular complexity index is 469. The highest BCUT2D eigenvalue weighted by molar-refractivity contribution is 14.0. The maximum Gasteiger partial charge on any atom is 0.191 e. The predicted molar refractivity (Wildman–Crippen MR) is 101 cm³/mol. The summed E-state index contributed by atoms with van der Waals surface area (Å²) in [4.78, 5) is 4.48. The number of hydrogen-bond donors (Lipinski definition) is 2. The van der Waals surface area contributed by atoms with Crippen LogP contribution >= 0.6 is 24.0 Å². The molecule has 0 bridgehead atoms. The lowest BCUT2D eigenvalue weighted by Gasteiger charge is -2.16. The van der Waals surface area contributed by atoms with E-state index in [2.05, 4.69) is 29.5 Å². The maximum absolute atomic E-state index is 13.8. The number of hydrogen-bond acceptors (Lipinski definition) is 2. The van der Waals surface area contributed by atoms with Crippen LogP contribution in [-0.2, 0) is 6.54 Å². The third-order valence-electron chi connectivity index (χ3n) is 3.06. The second-order valence-corrected chi connectivity index (χ2v) is 4.85. The van der Waals surface area contributed by atoms with E-state index >= 15 is 0 Å². The minimum atomic E-state index is -0.343. The standard InChI is InChI=1S/C16H26FN3O.HI/c1-5-12(4)20-16(18-6-2)19-11-13-8-9-15(21-7-3)14(17)10-13;/h8-10,12H,5-7,11H2,1-4H3,(H2,18,19,20);1H. The van der Waals surface area contributed by atoms with Crippen molar-refractivity contribution in [2.75, 3.05) is 13.2 Å². The zero-order valence-corrected chi connectivity index (χ0v) is 16.1. The minimum absolute atomic E-state index is 0. The van der Waals surface area contributed by atoms with Crippen LogP contribution in [0, 0.1) is 5.82 Å². The number of aliphatic imine (C=N–C) groups is 1. The number of halogens is 2. The molecule has 0 aliphatic rings. The molecule has 0 saturated heterocycles. The lowest BCUT2D eigenvalue weighted by Crippen LogP contribution is -2.41. The summed E-state index contributed by atoms with van der Waals surface area (Å²) in [5.74, 6) is 0.695. The van der Waals surface area contributed by atoms with Crippen molar-refractivity contribution in [3.8, 4) is 5.75 Å². The molecule has 6 heteroatoms. The summed E-state index contributed by atoms with van der Waals surface area (Å²) in [6, 6.07) is 5.31. The molecule has 0 aliphatic heterocycles. The van der Waals surface area contributed by atoms with E-state index in [0.717, 1.165) is 24.5 Å². The summed E-state index contributed by atoms with van der Waals surface area (Å²) in [5.41, 5.74) is 0.817. The average Bonchev–Trinajstić information content (AvgIpc) is 2.47. The van der Waals surface area contributed by atoms with E-state index in [1.165, 1.54) is 6.07 Å². The van der Waals surface area contributed by atoms with E-state index in [-0.39, 0.29) is 35.5 Å². The van der Waals surface area contributed by atoms with E-state index in [0.29, 0.717) is 19.2 Å². The van der Waals surface area contributed by atoms with Crippen molar-refractivity contribution in [3.63, 3.8) is 0 Å². The molecular weight excluding hydrogens is 396 g/mol. The molecule has 126 valence electrons. The average molecular weight is 423 g/mol. The van der Waals surface area contributed by atoms with E-state index in [1.54, 1.807) is 6.07 Å². The highest BCUT2D eigenvalue weighted by atomic mass is 127. The summed E-state index contributed by atoms with van der Waals surface area (Å²) in [6.07, 6.45) is 1.02.